The molecule has 140 valence electrons. The maximum atomic E-state index is 12.6. The van der Waals surface area contributed by atoms with E-state index in [-0.39, 0.29) is 23.1 Å². The van der Waals surface area contributed by atoms with Gasteiger partial charge in [0.1, 0.15) is 6.04 Å². The van der Waals surface area contributed by atoms with Gasteiger partial charge in [0.15, 0.2) is 0 Å². The third-order valence-corrected chi connectivity index (χ3v) is 4.03. The van der Waals surface area contributed by atoms with Crippen molar-refractivity contribution in [2.24, 2.45) is 11.3 Å². The van der Waals surface area contributed by atoms with Crippen LogP contribution in [0, 0.1) is 18.3 Å². The molecule has 0 aromatic heterocycles. The lowest BCUT2D eigenvalue weighted by Crippen LogP contribution is -2.52. The Kier molecular flexibility index (Phi) is 7.61. The van der Waals surface area contributed by atoms with Crippen LogP contribution in [0.5, 0.6) is 0 Å². The van der Waals surface area contributed by atoms with Crippen molar-refractivity contribution in [2.45, 2.75) is 40.7 Å². The normalized spacial score (nSPS) is 13.0. The van der Waals surface area contributed by atoms with E-state index in [1.165, 1.54) is 0 Å². The molecule has 1 rings (SSSR count). The van der Waals surface area contributed by atoms with Crippen molar-refractivity contribution in [3.8, 4) is 0 Å². The van der Waals surface area contributed by atoms with Gasteiger partial charge in [-0.15, -0.1) is 0 Å². The fraction of sp³-hybridized carbons (Fsp3) is 0.600. The van der Waals surface area contributed by atoms with Gasteiger partial charge in [-0.1, -0.05) is 45.4 Å². The highest BCUT2D eigenvalue weighted by Gasteiger charge is 2.27. The summed E-state index contributed by atoms with van der Waals surface area (Å²) in [6.45, 7) is 11.5. The molecule has 0 saturated carbocycles. The Hall–Kier alpha value is -1.88. The summed E-state index contributed by atoms with van der Waals surface area (Å²) in [6.07, 6.45) is 0. The molecule has 0 bridgehead atoms. The topological polar surface area (TPSA) is 61.4 Å². The second-order valence-electron chi connectivity index (χ2n) is 8.18. The highest BCUT2D eigenvalue weighted by molar-refractivity contribution is 5.97. The van der Waals surface area contributed by atoms with Crippen molar-refractivity contribution in [1.82, 2.24) is 15.5 Å². The maximum absolute atomic E-state index is 12.6. The number of nitrogens with zero attached hydrogens (tertiary/aromatic N) is 1. The number of nitrogens with one attached hydrogen (secondary N) is 2. The molecule has 5 heteroatoms. The van der Waals surface area contributed by atoms with E-state index in [2.05, 4.69) is 29.4 Å². The average molecular weight is 348 g/mol. The SMILES string of the molecule is Cc1ccc(C(=O)NC(C(=O)NCC(C)(C)CN(C)C)C(C)C)cc1. The summed E-state index contributed by atoms with van der Waals surface area (Å²) in [5.74, 6) is -0.352. The van der Waals surface area contributed by atoms with E-state index in [0.29, 0.717) is 12.1 Å². The zero-order chi connectivity index (χ0) is 19.2. The van der Waals surface area contributed by atoms with Gasteiger partial charge >= 0.3 is 0 Å². The van der Waals surface area contributed by atoms with Crippen LogP contribution >= 0.6 is 0 Å². The van der Waals surface area contributed by atoms with Gasteiger partial charge in [0.2, 0.25) is 5.91 Å². The second kappa shape index (κ2) is 8.99. The summed E-state index contributed by atoms with van der Waals surface area (Å²) in [7, 11) is 4.03. The average Bonchev–Trinajstić information content (AvgIpc) is 2.49. The zero-order valence-corrected chi connectivity index (χ0v) is 16.6. The molecule has 0 radical (unpaired) electrons. The highest BCUT2D eigenvalue weighted by atomic mass is 16.2. The largest absolute Gasteiger partial charge is 0.354 e. The van der Waals surface area contributed by atoms with Gasteiger partial charge in [-0.2, -0.15) is 0 Å². The molecule has 1 aromatic rings. The summed E-state index contributed by atoms with van der Waals surface area (Å²) >= 11 is 0. The predicted octanol–water partition coefficient (Wildman–Crippen LogP) is 2.45. The fourth-order valence-electron chi connectivity index (χ4n) is 2.81. The molecule has 0 aliphatic heterocycles. The van der Waals surface area contributed by atoms with E-state index >= 15 is 0 Å². The number of rotatable bonds is 8. The number of carbonyl (C=O) groups excluding carboxylic acids is 2. The van der Waals surface area contributed by atoms with Crippen LogP contribution in [0.25, 0.3) is 0 Å². The predicted molar refractivity (Wildman–Crippen MR) is 103 cm³/mol. The van der Waals surface area contributed by atoms with Crippen LogP contribution in [-0.4, -0.2) is 49.9 Å². The standard InChI is InChI=1S/C20H33N3O2/c1-14(2)17(19(25)21-12-20(4,5)13-23(6)7)22-18(24)16-10-8-15(3)9-11-16/h8-11,14,17H,12-13H2,1-7H3,(H,21,25)(H,22,24). The van der Waals surface area contributed by atoms with Crippen molar-refractivity contribution in [3.63, 3.8) is 0 Å². The van der Waals surface area contributed by atoms with Gasteiger partial charge in [-0.05, 0) is 44.5 Å². The maximum Gasteiger partial charge on any atom is 0.251 e. The number of amides is 2. The minimum absolute atomic E-state index is 0.00589. The van der Waals surface area contributed by atoms with E-state index in [4.69, 9.17) is 0 Å². The molecule has 2 amide bonds. The van der Waals surface area contributed by atoms with Crippen LogP contribution in [-0.2, 0) is 4.79 Å². The molecule has 1 atom stereocenters. The molecular weight excluding hydrogens is 314 g/mol. The van der Waals surface area contributed by atoms with E-state index < -0.39 is 6.04 Å². The molecule has 5 nitrogen and oxygen atoms in total. The first-order valence-electron chi connectivity index (χ1n) is 8.82. The molecule has 2 N–H and O–H groups in total. The smallest absolute Gasteiger partial charge is 0.251 e. The lowest BCUT2D eigenvalue weighted by molar-refractivity contribution is -0.124. The first kappa shape index (κ1) is 21.2. The Morgan fingerprint density at radius 3 is 2.16 bits per heavy atom. The minimum Gasteiger partial charge on any atom is -0.354 e. The summed E-state index contributed by atoms with van der Waals surface area (Å²) in [5, 5.41) is 5.86. The van der Waals surface area contributed by atoms with Gasteiger partial charge in [-0.25, -0.2) is 0 Å². The number of hydrogen-bond donors (Lipinski definition) is 2. The first-order valence-corrected chi connectivity index (χ1v) is 8.82. The van der Waals surface area contributed by atoms with E-state index in [1.807, 2.05) is 47.0 Å². The van der Waals surface area contributed by atoms with Crippen molar-refractivity contribution in [2.75, 3.05) is 27.2 Å². The fourth-order valence-corrected chi connectivity index (χ4v) is 2.81. The molecular formula is C20H33N3O2. The molecule has 0 saturated heterocycles. The number of hydrogen-bond acceptors (Lipinski definition) is 3. The lowest BCUT2D eigenvalue weighted by Gasteiger charge is -2.30. The molecule has 0 aliphatic carbocycles. The van der Waals surface area contributed by atoms with Gasteiger partial charge < -0.3 is 15.5 Å². The Bertz CT molecular complexity index is 577. The number of carbonyl (C=O) groups is 2. The number of aryl methyl sites for hydroxylation is 1. The first-order chi connectivity index (χ1) is 11.5. The van der Waals surface area contributed by atoms with Crippen LogP contribution in [0.1, 0.15) is 43.6 Å². The summed E-state index contributed by atoms with van der Waals surface area (Å²) in [6, 6.07) is 6.79. The molecule has 0 spiro atoms. The van der Waals surface area contributed by atoms with Crippen LogP contribution in [0.4, 0.5) is 0 Å². The monoisotopic (exact) mass is 347 g/mol. The zero-order valence-electron chi connectivity index (χ0n) is 16.6. The molecule has 1 aromatic carbocycles. The highest BCUT2D eigenvalue weighted by Crippen LogP contribution is 2.15. The Morgan fingerprint density at radius 2 is 1.68 bits per heavy atom. The molecule has 0 aliphatic rings. The van der Waals surface area contributed by atoms with Crippen molar-refractivity contribution in [1.29, 1.82) is 0 Å². The van der Waals surface area contributed by atoms with Crippen LogP contribution in [0.15, 0.2) is 24.3 Å². The van der Waals surface area contributed by atoms with Gasteiger partial charge in [-0.3, -0.25) is 9.59 Å². The molecule has 1 unspecified atom stereocenters. The van der Waals surface area contributed by atoms with Gasteiger partial charge in [0.25, 0.3) is 5.91 Å². The van der Waals surface area contributed by atoms with Crippen LogP contribution < -0.4 is 10.6 Å². The number of benzene rings is 1. The summed E-state index contributed by atoms with van der Waals surface area (Å²) in [5.41, 5.74) is 1.62. The van der Waals surface area contributed by atoms with Crippen LogP contribution in [0.3, 0.4) is 0 Å². The van der Waals surface area contributed by atoms with Crippen molar-refractivity contribution < 1.29 is 9.59 Å². The van der Waals surface area contributed by atoms with Crippen molar-refractivity contribution in [3.05, 3.63) is 35.4 Å². The summed E-state index contributed by atoms with van der Waals surface area (Å²) < 4.78 is 0. The van der Waals surface area contributed by atoms with Crippen molar-refractivity contribution >= 4 is 11.8 Å². The van der Waals surface area contributed by atoms with E-state index in [9.17, 15) is 9.59 Å². The van der Waals surface area contributed by atoms with Gasteiger partial charge in [0, 0.05) is 18.7 Å². The lowest BCUT2D eigenvalue weighted by atomic mass is 9.92. The van der Waals surface area contributed by atoms with Crippen LogP contribution in [0.2, 0.25) is 0 Å². The Balaban J connectivity index is 2.71. The third kappa shape index (κ3) is 7.26. The Labute approximate surface area is 152 Å². The second-order valence-corrected chi connectivity index (χ2v) is 8.18. The molecule has 25 heavy (non-hydrogen) atoms. The Morgan fingerprint density at radius 1 is 1.12 bits per heavy atom. The minimum atomic E-state index is -0.552. The van der Waals surface area contributed by atoms with E-state index in [0.717, 1.165) is 12.1 Å². The quantitative estimate of drug-likeness (QED) is 0.759. The van der Waals surface area contributed by atoms with Gasteiger partial charge in [0.05, 0.1) is 0 Å². The third-order valence-electron chi connectivity index (χ3n) is 4.03. The van der Waals surface area contributed by atoms with E-state index in [1.54, 1.807) is 12.1 Å². The molecule has 0 fully saturated rings. The molecule has 0 heterocycles. The summed E-state index contributed by atoms with van der Waals surface area (Å²) in [4.78, 5) is 27.1.